The maximum Gasteiger partial charge on any atom is 0.293 e. The minimum atomic E-state index is -0.505. The van der Waals surface area contributed by atoms with Crippen LogP contribution in [0, 0.1) is 0 Å². The lowest BCUT2D eigenvalue weighted by Crippen LogP contribution is -2.41. The fourth-order valence-corrected chi connectivity index (χ4v) is 0.849. The molecule has 1 aromatic rings. The van der Waals surface area contributed by atoms with Crippen LogP contribution >= 0.6 is 0 Å². The number of methoxy groups -OCH3 is 1. The normalized spacial score (nSPS) is 12.4. The number of nitrogens with one attached hydrogen (secondary N) is 2. The highest BCUT2D eigenvalue weighted by Gasteiger charge is 2.15. The summed E-state index contributed by atoms with van der Waals surface area (Å²) in [4.78, 5) is 11.3. The molecule has 1 amide bonds. The SMILES string of the molecule is COCC(CO)NC(=O)c1nn[nH]n1. The molecular weight excluding hydrogens is 190 g/mol. The molecule has 1 rings (SSSR count). The quantitative estimate of drug-likeness (QED) is 0.504. The van der Waals surface area contributed by atoms with E-state index in [0.717, 1.165) is 0 Å². The van der Waals surface area contributed by atoms with Gasteiger partial charge in [-0.2, -0.15) is 5.21 Å². The number of rotatable bonds is 5. The molecule has 14 heavy (non-hydrogen) atoms. The molecule has 78 valence electrons. The van der Waals surface area contributed by atoms with Crippen LogP contribution in [0.2, 0.25) is 0 Å². The van der Waals surface area contributed by atoms with Gasteiger partial charge in [-0.15, -0.1) is 10.2 Å². The number of amides is 1. The lowest BCUT2D eigenvalue weighted by atomic mass is 10.3. The highest BCUT2D eigenvalue weighted by atomic mass is 16.5. The maximum absolute atomic E-state index is 11.3. The third-order valence-corrected chi connectivity index (χ3v) is 1.47. The molecule has 3 N–H and O–H groups in total. The van der Waals surface area contributed by atoms with Crippen molar-refractivity contribution in [2.45, 2.75) is 6.04 Å². The molecule has 0 aliphatic carbocycles. The number of carbonyl (C=O) groups is 1. The summed E-state index contributed by atoms with van der Waals surface area (Å²) in [5, 5.41) is 23.7. The maximum atomic E-state index is 11.3. The van der Waals surface area contributed by atoms with Gasteiger partial charge in [0.1, 0.15) is 0 Å². The molecule has 0 fully saturated rings. The second-order valence-corrected chi connectivity index (χ2v) is 2.54. The topological polar surface area (TPSA) is 113 Å². The molecule has 1 aromatic heterocycles. The zero-order valence-corrected chi connectivity index (χ0v) is 7.60. The number of hydrogen-bond acceptors (Lipinski definition) is 6. The van der Waals surface area contributed by atoms with Crippen LogP contribution in [0.15, 0.2) is 0 Å². The van der Waals surface area contributed by atoms with Crippen molar-refractivity contribution in [3.63, 3.8) is 0 Å². The van der Waals surface area contributed by atoms with Crippen LogP contribution in [-0.2, 0) is 4.74 Å². The summed E-state index contributed by atoms with van der Waals surface area (Å²) in [5.41, 5.74) is 0. The average Bonchev–Trinajstić information content (AvgIpc) is 2.69. The molecule has 1 unspecified atom stereocenters. The largest absolute Gasteiger partial charge is 0.394 e. The summed E-state index contributed by atoms with van der Waals surface area (Å²) >= 11 is 0. The van der Waals surface area contributed by atoms with Crippen LogP contribution in [0.3, 0.4) is 0 Å². The number of carbonyl (C=O) groups excluding carboxylic acids is 1. The molecule has 1 atom stereocenters. The first-order valence-electron chi connectivity index (χ1n) is 3.92. The molecule has 8 nitrogen and oxygen atoms in total. The molecule has 0 radical (unpaired) electrons. The van der Waals surface area contributed by atoms with Crippen LogP contribution in [0.1, 0.15) is 10.6 Å². The van der Waals surface area contributed by atoms with Crippen LogP contribution in [-0.4, -0.2) is 58.0 Å². The van der Waals surface area contributed by atoms with Crippen LogP contribution in [0.25, 0.3) is 0 Å². The minimum Gasteiger partial charge on any atom is -0.394 e. The standard InChI is InChI=1S/C6H11N5O3/c1-14-3-4(2-12)7-6(13)5-8-10-11-9-5/h4,12H,2-3H2,1H3,(H,7,13)(H,8,9,10,11). The Balaban J connectivity index is 2.47. The van der Waals surface area contributed by atoms with E-state index in [-0.39, 0.29) is 19.0 Å². The van der Waals surface area contributed by atoms with Crippen molar-refractivity contribution in [2.75, 3.05) is 20.3 Å². The Morgan fingerprint density at radius 2 is 2.57 bits per heavy atom. The Morgan fingerprint density at radius 3 is 3.07 bits per heavy atom. The van der Waals surface area contributed by atoms with Crippen molar-refractivity contribution in [3.05, 3.63) is 5.82 Å². The van der Waals surface area contributed by atoms with Gasteiger partial charge in [-0.05, 0) is 5.21 Å². The number of aromatic amines is 1. The summed E-state index contributed by atoms with van der Waals surface area (Å²) in [6.45, 7) is 0.0114. The zero-order chi connectivity index (χ0) is 10.4. The minimum absolute atomic E-state index is 0.0699. The Bertz CT molecular complexity index is 275. The predicted octanol–water partition coefficient (Wildman–Crippen LogP) is -2.06. The second kappa shape index (κ2) is 5.25. The lowest BCUT2D eigenvalue weighted by molar-refractivity contribution is 0.0830. The third kappa shape index (κ3) is 2.75. The van der Waals surface area contributed by atoms with Crippen molar-refractivity contribution >= 4 is 5.91 Å². The molecule has 0 saturated carbocycles. The van der Waals surface area contributed by atoms with Crippen molar-refractivity contribution in [2.24, 2.45) is 0 Å². The van der Waals surface area contributed by atoms with Crippen molar-refractivity contribution in [1.29, 1.82) is 0 Å². The fourth-order valence-electron chi connectivity index (χ4n) is 0.849. The van der Waals surface area contributed by atoms with Crippen molar-refractivity contribution in [1.82, 2.24) is 25.9 Å². The molecule has 0 saturated heterocycles. The van der Waals surface area contributed by atoms with E-state index >= 15 is 0 Å². The van der Waals surface area contributed by atoms with Crippen molar-refractivity contribution < 1.29 is 14.6 Å². The van der Waals surface area contributed by atoms with Gasteiger partial charge in [0.15, 0.2) is 0 Å². The Labute approximate surface area is 79.6 Å². The van der Waals surface area contributed by atoms with Crippen LogP contribution in [0.5, 0.6) is 0 Å². The summed E-state index contributed by atoms with van der Waals surface area (Å²) in [6.07, 6.45) is 0. The smallest absolute Gasteiger partial charge is 0.293 e. The van der Waals surface area contributed by atoms with Gasteiger partial charge >= 0.3 is 0 Å². The lowest BCUT2D eigenvalue weighted by Gasteiger charge is -2.13. The Morgan fingerprint density at radius 1 is 1.79 bits per heavy atom. The molecule has 0 aliphatic rings. The van der Waals surface area contributed by atoms with Gasteiger partial charge in [-0.1, -0.05) is 0 Å². The molecular formula is C6H11N5O3. The van der Waals surface area contributed by atoms with Gasteiger partial charge in [0.25, 0.3) is 11.7 Å². The number of aliphatic hydroxyl groups is 1. The molecule has 1 heterocycles. The van der Waals surface area contributed by atoms with Gasteiger partial charge in [0.2, 0.25) is 0 Å². The fraction of sp³-hybridized carbons (Fsp3) is 0.667. The van der Waals surface area contributed by atoms with Crippen LogP contribution in [0.4, 0.5) is 0 Å². The molecule has 0 aromatic carbocycles. The Kier molecular flexibility index (Phi) is 3.95. The number of tetrazole rings is 1. The van der Waals surface area contributed by atoms with E-state index in [1.54, 1.807) is 0 Å². The molecule has 8 heteroatoms. The number of H-pyrrole nitrogens is 1. The number of aromatic nitrogens is 4. The van der Waals surface area contributed by atoms with E-state index in [2.05, 4.69) is 25.9 Å². The monoisotopic (exact) mass is 201 g/mol. The highest BCUT2D eigenvalue weighted by molar-refractivity contribution is 5.90. The third-order valence-electron chi connectivity index (χ3n) is 1.47. The molecule has 0 bridgehead atoms. The summed E-state index contributed by atoms with van der Waals surface area (Å²) in [7, 11) is 1.48. The first kappa shape index (κ1) is 10.5. The van der Waals surface area contributed by atoms with Gasteiger partial charge in [0.05, 0.1) is 19.3 Å². The second-order valence-electron chi connectivity index (χ2n) is 2.54. The number of ether oxygens (including phenoxy) is 1. The van der Waals surface area contributed by atoms with Gasteiger partial charge in [-0.3, -0.25) is 4.79 Å². The summed E-state index contributed by atoms with van der Waals surface area (Å²) in [6, 6.07) is -0.467. The first-order chi connectivity index (χ1) is 6.77. The van der Waals surface area contributed by atoms with E-state index in [1.807, 2.05) is 0 Å². The van der Waals surface area contributed by atoms with E-state index in [9.17, 15) is 4.79 Å². The number of nitrogens with zero attached hydrogens (tertiary/aromatic N) is 3. The molecule has 0 aliphatic heterocycles. The van der Waals surface area contributed by atoms with E-state index in [1.165, 1.54) is 7.11 Å². The average molecular weight is 201 g/mol. The highest BCUT2D eigenvalue weighted by Crippen LogP contribution is 1.88. The van der Waals surface area contributed by atoms with Crippen molar-refractivity contribution in [3.8, 4) is 0 Å². The van der Waals surface area contributed by atoms with Gasteiger partial charge in [0, 0.05) is 7.11 Å². The van der Waals surface area contributed by atoms with E-state index in [0.29, 0.717) is 0 Å². The number of hydrogen-bond donors (Lipinski definition) is 3. The summed E-state index contributed by atoms with van der Waals surface area (Å²) < 4.78 is 4.77. The zero-order valence-electron chi connectivity index (χ0n) is 7.60. The van der Waals surface area contributed by atoms with E-state index < -0.39 is 11.9 Å². The molecule has 0 spiro atoms. The van der Waals surface area contributed by atoms with E-state index in [4.69, 9.17) is 9.84 Å². The first-order valence-corrected chi connectivity index (χ1v) is 3.92. The Hall–Kier alpha value is -1.54. The summed E-state index contributed by atoms with van der Waals surface area (Å²) in [5.74, 6) is -0.575. The van der Waals surface area contributed by atoms with Gasteiger partial charge in [-0.25, -0.2) is 0 Å². The predicted molar refractivity (Wildman–Crippen MR) is 44.4 cm³/mol. The van der Waals surface area contributed by atoms with Crippen LogP contribution < -0.4 is 5.32 Å². The number of aliphatic hydroxyl groups excluding tert-OH is 1. The van der Waals surface area contributed by atoms with Gasteiger partial charge < -0.3 is 15.2 Å².